The molecule has 1 heterocycles. The minimum absolute atomic E-state index is 0.112. The Bertz CT molecular complexity index is 943. The number of benzene rings is 2. The van der Waals surface area contributed by atoms with Crippen LogP contribution in [0.4, 0.5) is 5.69 Å². The summed E-state index contributed by atoms with van der Waals surface area (Å²) < 4.78 is 33.4. The molecule has 1 aliphatic rings. The van der Waals surface area contributed by atoms with Crippen LogP contribution in [-0.4, -0.2) is 44.1 Å². The number of nitrogens with zero attached hydrogens (tertiary/aromatic N) is 1. The van der Waals surface area contributed by atoms with Crippen LogP contribution in [0, 0.1) is 0 Å². The van der Waals surface area contributed by atoms with Gasteiger partial charge in [0.25, 0.3) is 0 Å². The minimum atomic E-state index is -3.67. The van der Waals surface area contributed by atoms with Crippen molar-refractivity contribution in [3.8, 4) is 5.75 Å². The first-order chi connectivity index (χ1) is 14.5. The number of piperidine rings is 1. The normalized spacial score (nSPS) is 15.0. The maximum absolute atomic E-state index is 13.2. The molecule has 1 fully saturated rings. The van der Waals surface area contributed by atoms with Crippen LogP contribution in [0.5, 0.6) is 5.75 Å². The van der Waals surface area contributed by atoms with E-state index in [9.17, 15) is 13.2 Å². The van der Waals surface area contributed by atoms with E-state index in [-0.39, 0.29) is 16.6 Å². The van der Waals surface area contributed by atoms with Gasteiger partial charge in [-0.1, -0.05) is 36.8 Å². The lowest BCUT2D eigenvalue weighted by Crippen LogP contribution is -2.35. The Morgan fingerprint density at radius 2 is 1.83 bits per heavy atom. The summed E-state index contributed by atoms with van der Waals surface area (Å²) in [6.45, 7) is 3.21. The molecule has 1 saturated heterocycles. The standard InChI is InChI=1S/C22H28N2O4S2/c1-2-28-20-12-11-19(15-21(20)30(26,27)24-13-7-4-8-14-24)23-22(25)17-29-16-18-9-5-3-6-10-18/h3,5-6,9-12,15H,2,4,7-8,13-14,16-17H2,1H3,(H,23,25). The number of sulfonamides is 1. The van der Waals surface area contributed by atoms with Crippen LogP contribution in [0.15, 0.2) is 53.4 Å². The number of anilines is 1. The molecule has 0 spiro atoms. The first kappa shape index (κ1) is 22.7. The Morgan fingerprint density at radius 1 is 1.10 bits per heavy atom. The van der Waals surface area contributed by atoms with Gasteiger partial charge in [-0.05, 0) is 43.5 Å². The fraction of sp³-hybridized carbons (Fsp3) is 0.409. The van der Waals surface area contributed by atoms with Crippen molar-refractivity contribution in [2.24, 2.45) is 0 Å². The number of carbonyl (C=O) groups is 1. The maximum Gasteiger partial charge on any atom is 0.246 e. The van der Waals surface area contributed by atoms with Crippen LogP contribution < -0.4 is 10.1 Å². The molecule has 0 saturated carbocycles. The van der Waals surface area contributed by atoms with Gasteiger partial charge < -0.3 is 10.1 Å². The molecule has 30 heavy (non-hydrogen) atoms. The van der Waals surface area contributed by atoms with Crippen molar-refractivity contribution in [1.82, 2.24) is 4.31 Å². The first-order valence-corrected chi connectivity index (χ1v) is 12.8. The van der Waals surface area contributed by atoms with Crippen molar-refractivity contribution >= 4 is 33.4 Å². The van der Waals surface area contributed by atoms with Crippen molar-refractivity contribution in [3.63, 3.8) is 0 Å². The number of hydrogen-bond donors (Lipinski definition) is 1. The summed E-state index contributed by atoms with van der Waals surface area (Å²) in [6, 6.07) is 14.8. The van der Waals surface area contributed by atoms with E-state index in [1.54, 1.807) is 12.1 Å². The van der Waals surface area contributed by atoms with Gasteiger partial charge in [0.2, 0.25) is 15.9 Å². The molecule has 162 valence electrons. The molecule has 1 N–H and O–H groups in total. The Kier molecular flexibility index (Phi) is 8.18. The second kappa shape index (κ2) is 10.8. The highest BCUT2D eigenvalue weighted by Crippen LogP contribution is 2.31. The van der Waals surface area contributed by atoms with E-state index in [0.29, 0.717) is 31.1 Å². The van der Waals surface area contributed by atoms with Gasteiger partial charge in [-0.3, -0.25) is 4.79 Å². The number of thioether (sulfide) groups is 1. The Morgan fingerprint density at radius 3 is 2.53 bits per heavy atom. The molecule has 2 aromatic rings. The molecule has 3 rings (SSSR count). The predicted molar refractivity (Wildman–Crippen MR) is 121 cm³/mol. The molecule has 0 atom stereocenters. The van der Waals surface area contributed by atoms with Gasteiger partial charge in [-0.2, -0.15) is 4.31 Å². The lowest BCUT2D eigenvalue weighted by atomic mass is 10.2. The van der Waals surface area contributed by atoms with Crippen LogP contribution in [-0.2, 0) is 20.6 Å². The highest BCUT2D eigenvalue weighted by Gasteiger charge is 2.29. The smallest absolute Gasteiger partial charge is 0.246 e. The summed E-state index contributed by atoms with van der Waals surface area (Å²) in [5.41, 5.74) is 1.62. The molecule has 0 radical (unpaired) electrons. The van der Waals surface area contributed by atoms with Gasteiger partial charge in [0.05, 0.1) is 12.4 Å². The molecule has 1 aliphatic heterocycles. The highest BCUT2D eigenvalue weighted by molar-refractivity contribution is 7.99. The average Bonchev–Trinajstić information content (AvgIpc) is 2.76. The number of ether oxygens (including phenoxy) is 1. The lowest BCUT2D eigenvalue weighted by molar-refractivity contribution is -0.113. The SMILES string of the molecule is CCOc1ccc(NC(=O)CSCc2ccccc2)cc1S(=O)(=O)N1CCCCC1. The van der Waals surface area contributed by atoms with Crippen LogP contribution in [0.2, 0.25) is 0 Å². The third-order valence-electron chi connectivity index (χ3n) is 4.80. The molecule has 1 amide bonds. The topological polar surface area (TPSA) is 75.7 Å². The first-order valence-electron chi connectivity index (χ1n) is 10.2. The van der Waals surface area contributed by atoms with Crippen LogP contribution in [0.1, 0.15) is 31.7 Å². The largest absolute Gasteiger partial charge is 0.492 e. The molecule has 6 nitrogen and oxygen atoms in total. The zero-order valence-electron chi connectivity index (χ0n) is 17.2. The van der Waals surface area contributed by atoms with E-state index in [2.05, 4.69) is 5.32 Å². The fourth-order valence-corrected chi connectivity index (χ4v) is 5.80. The van der Waals surface area contributed by atoms with Gasteiger partial charge in [-0.15, -0.1) is 11.8 Å². The van der Waals surface area contributed by atoms with Crippen molar-refractivity contribution in [1.29, 1.82) is 0 Å². The van der Waals surface area contributed by atoms with Gasteiger partial charge in [0.1, 0.15) is 10.6 Å². The molecule has 0 bridgehead atoms. The monoisotopic (exact) mass is 448 g/mol. The molecule has 0 aliphatic carbocycles. The van der Waals surface area contributed by atoms with E-state index in [0.717, 1.165) is 30.6 Å². The number of amides is 1. The van der Waals surface area contributed by atoms with Gasteiger partial charge >= 0.3 is 0 Å². The summed E-state index contributed by atoms with van der Waals surface area (Å²) in [5.74, 6) is 1.18. The zero-order chi connectivity index (χ0) is 21.4. The molecule has 8 heteroatoms. The van der Waals surface area contributed by atoms with Gasteiger partial charge in [-0.25, -0.2) is 8.42 Å². The van der Waals surface area contributed by atoms with Crippen molar-refractivity contribution in [2.45, 2.75) is 36.8 Å². The molecule has 0 unspecified atom stereocenters. The third-order valence-corrected chi connectivity index (χ3v) is 7.73. The Hall–Kier alpha value is -2.03. The molecule has 0 aromatic heterocycles. The zero-order valence-corrected chi connectivity index (χ0v) is 18.8. The lowest BCUT2D eigenvalue weighted by Gasteiger charge is -2.27. The van der Waals surface area contributed by atoms with Crippen LogP contribution in [0.3, 0.4) is 0 Å². The Balaban J connectivity index is 1.69. The predicted octanol–water partition coefficient (Wildman–Crippen LogP) is 4.13. The van der Waals surface area contributed by atoms with Crippen molar-refractivity contribution in [2.75, 3.05) is 30.8 Å². The van der Waals surface area contributed by atoms with E-state index in [4.69, 9.17) is 4.74 Å². The van der Waals surface area contributed by atoms with E-state index in [1.165, 1.54) is 22.1 Å². The third kappa shape index (κ3) is 6.00. The number of carbonyl (C=O) groups excluding carboxylic acids is 1. The number of nitrogens with one attached hydrogen (secondary N) is 1. The van der Waals surface area contributed by atoms with E-state index < -0.39 is 10.0 Å². The Labute approximate surface area is 183 Å². The second-order valence-electron chi connectivity index (χ2n) is 7.09. The highest BCUT2D eigenvalue weighted by atomic mass is 32.2. The number of rotatable bonds is 9. The summed E-state index contributed by atoms with van der Waals surface area (Å²) >= 11 is 1.51. The van der Waals surface area contributed by atoms with Crippen molar-refractivity contribution < 1.29 is 17.9 Å². The number of hydrogen-bond acceptors (Lipinski definition) is 5. The summed E-state index contributed by atoms with van der Waals surface area (Å²) in [7, 11) is -3.67. The summed E-state index contributed by atoms with van der Waals surface area (Å²) in [4.78, 5) is 12.5. The minimum Gasteiger partial charge on any atom is -0.492 e. The van der Waals surface area contributed by atoms with E-state index in [1.807, 2.05) is 37.3 Å². The van der Waals surface area contributed by atoms with Crippen LogP contribution in [0.25, 0.3) is 0 Å². The van der Waals surface area contributed by atoms with Crippen LogP contribution >= 0.6 is 11.8 Å². The molecular formula is C22H28N2O4S2. The molecule has 2 aromatic carbocycles. The summed E-state index contributed by atoms with van der Waals surface area (Å²) in [5, 5.41) is 2.81. The summed E-state index contributed by atoms with van der Waals surface area (Å²) in [6.07, 6.45) is 2.76. The average molecular weight is 449 g/mol. The van der Waals surface area contributed by atoms with Gasteiger partial charge in [0.15, 0.2) is 0 Å². The second-order valence-corrected chi connectivity index (χ2v) is 9.98. The van der Waals surface area contributed by atoms with Crippen molar-refractivity contribution in [3.05, 3.63) is 54.1 Å². The maximum atomic E-state index is 13.2. The quantitative estimate of drug-likeness (QED) is 0.624. The molecular weight excluding hydrogens is 420 g/mol. The van der Waals surface area contributed by atoms with Gasteiger partial charge in [0, 0.05) is 24.5 Å². The van der Waals surface area contributed by atoms with E-state index >= 15 is 0 Å². The fourth-order valence-electron chi connectivity index (χ4n) is 3.34.